The van der Waals surface area contributed by atoms with Crippen LogP contribution in [-0.4, -0.2) is 59.8 Å². The average molecular weight is 433 g/mol. The zero-order valence-corrected chi connectivity index (χ0v) is 17.8. The van der Waals surface area contributed by atoms with Gasteiger partial charge in [-0.3, -0.25) is 9.89 Å². The summed E-state index contributed by atoms with van der Waals surface area (Å²) < 4.78 is 16.4. The van der Waals surface area contributed by atoms with E-state index < -0.39 is 0 Å². The number of rotatable bonds is 8. The van der Waals surface area contributed by atoms with Crippen molar-refractivity contribution in [3.63, 3.8) is 0 Å². The fourth-order valence-electron chi connectivity index (χ4n) is 3.64. The second-order valence-corrected chi connectivity index (χ2v) is 7.70. The topological polar surface area (TPSA) is 111 Å². The molecule has 1 amide bonds. The molecule has 32 heavy (non-hydrogen) atoms. The average Bonchev–Trinajstić information content (AvgIpc) is 3.52. The lowest BCUT2D eigenvalue weighted by molar-refractivity contribution is 0.0947. The summed E-state index contributed by atoms with van der Waals surface area (Å²) in [5.41, 5.74) is 3.68. The Hall–Kier alpha value is -3.72. The van der Waals surface area contributed by atoms with E-state index in [0.717, 1.165) is 40.3 Å². The number of H-pyrrole nitrogens is 1. The van der Waals surface area contributed by atoms with Crippen molar-refractivity contribution in [1.29, 1.82) is 0 Å². The van der Waals surface area contributed by atoms with E-state index in [1.54, 1.807) is 20.4 Å². The molecule has 0 spiro atoms. The second kappa shape index (κ2) is 8.43. The summed E-state index contributed by atoms with van der Waals surface area (Å²) in [7, 11) is 3.21. The predicted molar refractivity (Wildman–Crippen MR) is 119 cm³/mol. The number of nitrogens with zero attached hydrogens (tertiary/aromatic N) is 3. The minimum atomic E-state index is -0.146. The minimum absolute atomic E-state index is 0.146. The molecule has 9 nitrogen and oxygen atoms in total. The van der Waals surface area contributed by atoms with E-state index in [4.69, 9.17) is 14.2 Å². The summed E-state index contributed by atoms with van der Waals surface area (Å²) in [5, 5.41) is 20.3. The Kier molecular flexibility index (Phi) is 5.32. The molecule has 4 aromatic rings. The van der Waals surface area contributed by atoms with Gasteiger partial charge in [-0.2, -0.15) is 15.3 Å². The van der Waals surface area contributed by atoms with Crippen molar-refractivity contribution in [2.75, 3.05) is 27.4 Å². The number of hydrogen-bond donors (Lipinski definition) is 2. The number of amides is 1. The van der Waals surface area contributed by atoms with E-state index in [1.165, 1.54) is 0 Å². The number of carbonyl (C=O) groups is 1. The molecular weight excluding hydrogens is 410 g/mol. The van der Waals surface area contributed by atoms with Gasteiger partial charge >= 0.3 is 0 Å². The van der Waals surface area contributed by atoms with Crippen molar-refractivity contribution < 1.29 is 19.0 Å². The van der Waals surface area contributed by atoms with Crippen molar-refractivity contribution in [1.82, 2.24) is 25.7 Å². The first kappa shape index (κ1) is 20.2. The molecule has 0 radical (unpaired) electrons. The molecule has 2 N–H and O–H groups in total. The first-order valence-electron chi connectivity index (χ1n) is 10.4. The van der Waals surface area contributed by atoms with E-state index in [1.807, 2.05) is 30.3 Å². The van der Waals surface area contributed by atoms with Gasteiger partial charge in [0, 0.05) is 35.6 Å². The molecule has 1 saturated carbocycles. The number of hydrogen-bond acceptors (Lipinski definition) is 7. The van der Waals surface area contributed by atoms with Crippen LogP contribution in [0.25, 0.3) is 32.9 Å². The highest BCUT2D eigenvalue weighted by atomic mass is 16.5. The van der Waals surface area contributed by atoms with Crippen LogP contribution < -0.4 is 14.8 Å². The van der Waals surface area contributed by atoms with Gasteiger partial charge in [-0.25, -0.2) is 0 Å². The Bertz CT molecular complexity index is 1300. The van der Waals surface area contributed by atoms with Crippen LogP contribution in [0.3, 0.4) is 0 Å². The first-order chi connectivity index (χ1) is 15.7. The molecule has 5 rings (SSSR count). The third-order valence-corrected chi connectivity index (χ3v) is 5.47. The van der Waals surface area contributed by atoms with E-state index in [-0.39, 0.29) is 11.9 Å². The van der Waals surface area contributed by atoms with Crippen molar-refractivity contribution in [3.8, 4) is 22.6 Å². The number of fused-ring (bicyclic) bond motifs is 2. The molecule has 0 aliphatic heterocycles. The number of methoxy groups -OCH3 is 2. The van der Waals surface area contributed by atoms with Gasteiger partial charge in [0.25, 0.3) is 5.91 Å². The zero-order valence-electron chi connectivity index (χ0n) is 17.8. The number of aromatic amines is 1. The summed E-state index contributed by atoms with van der Waals surface area (Å²) in [6.07, 6.45) is 3.77. The smallest absolute Gasteiger partial charge is 0.272 e. The van der Waals surface area contributed by atoms with Crippen molar-refractivity contribution in [2.45, 2.75) is 18.9 Å². The van der Waals surface area contributed by atoms with Gasteiger partial charge < -0.3 is 19.5 Å². The Morgan fingerprint density at radius 3 is 2.78 bits per heavy atom. The quantitative estimate of drug-likeness (QED) is 0.411. The van der Waals surface area contributed by atoms with Crippen molar-refractivity contribution in [3.05, 3.63) is 42.2 Å². The van der Waals surface area contributed by atoms with Crippen LogP contribution in [0.15, 0.2) is 36.5 Å². The number of nitrogens with one attached hydrogen (secondary N) is 2. The maximum absolute atomic E-state index is 12.5. The highest BCUT2D eigenvalue weighted by molar-refractivity contribution is 6.06. The molecule has 9 heteroatoms. The molecule has 0 bridgehead atoms. The van der Waals surface area contributed by atoms with Crippen LogP contribution >= 0.6 is 0 Å². The van der Waals surface area contributed by atoms with Crippen LogP contribution in [0.5, 0.6) is 11.5 Å². The summed E-state index contributed by atoms with van der Waals surface area (Å²) in [6, 6.07) is 9.81. The lowest BCUT2D eigenvalue weighted by atomic mass is 10.0. The molecule has 2 aromatic heterocycles. The summed E-state index contributed by atoms with van der Waals surface area (Å²) >= 11 is 0. The number of aromatic nitrogens is 4. The largest absolute Gasteiger partial charge is 0.493 e. The molecule has 164 valence electrons. The van der Waals surface area contributed by atoms with Crippen molar-refractivity contribution in [2.24, 2.45) is 0 Å². The third-order valence-electron chi connectivity index (χ3n) is 5.47. The lowest BCUT2D eigenvalue weighted by Gasteiger charge is -2.13. The summed E-state index contributed by atoms with van der Waals surface area (Å²) in [4.78, 5) is 12.5. The highest BCUT2D eigenvalue weighted by Crippen LogP contribution is 2.36. The number of carbonyl (C=O) groups excluding carboxylic acids is 1. The fraction of sp³-hybridized carbons (Fsp3) is 0.304. The van der Waals surface area contributed by atoms with E-state index >= 15 is 0 Å². The van der Waals surface area contributed by atoms with Gasteiger partial charge in [0.05, 0.1) is 30.9 Å². The van der Waals surface area contributed by atoms with Crippen LogP contribution in [-0.2, 0) is 4.74 Å². The number of benzene rings is 2. The highest BCUT2D eigenvalue weighted by Gasteiger charge is 2.25. The van der Waals surface area contributed by atoms with Crippen molar-refractivity contribution >= 4 is 27.7 Å². The molecule has 0 unspecified atom stereocenters. The maximum Gasteiger partial charge on any atom is 0.272 e. The Morgan fingerprint density at radius 1 is 1.12 bits per heavy atom. The van der Waals surface area contributed by atoms with Gasteiger partial charge in [-0.15, -0.1) is 0 Å². The summed E-state index contributed by atoms with van der Waals surface area (Å²) in [5.74, 6) is 1.04. The molecule has 1 aliphatic rings. The Labute approximate surface area is 184 Å². The van der Waals surface area contributed by atoms with E-state index in [2.05, 4.69) is 25.7 Å². The van der Waals surface area contributed by atoms with Crippen LogP contribution in [0.4, 0.5) is 0 Å². The second-order valence-electron chi connectivity index (χ2n) is 7.70. The molecule has 0 saturated heterocycles. The van der Waals surface area contributed by atoms with Gasteiger partial charge in [0.2, 0.25) is 0 Å². The maximum atomic E-state index is 12.5. The molecular formula is C23H23N5O4. The fourth-order valence-corrected chi connectivity index (χ4v) is 3.64. The van der Waals surface area contributed by atoms with Gasteiger partial charge in [-0.1, -0.05) is 6.07 Å². The van der Waals surface area contributed by atoms with E-state index in [0.29, 0.717) is 35.9 Å². The lowest BCUT2D eigenvalue weighted by Crippen LogP contribution is -2.25. The van der Waals surface area contributed by atoms with Gasteiger partial charge in [-0.05, 0) is 36.6 Å². The van der Waals surface area contributed by atoms with Gasteiger partial charge in [0.1, 0.15) is 6.61 Å². The number of ether oxygens (including phenoxy) is 3. The normalized spacial score (nSPS) is 13.4. The van der Waals surface area contributed by atoms with Crippen LogP contribution in [0.2, 0.25) is 0 Å². The molecule has 1 fully saturated rings. The third kappa shape index (κ3) is 3.82. The SMILES string of the molecule is COCCOc1cc2c(-c3ccc4c(C(=O)NC5CC5)n[nH]c4c3)cnnc2cc1OC. The Morgan fingerprint density at radius 2 is 2.00 bits per heavy atom. The van der Waals surface area contributed by atoms with E-state index in [9.17, 15) is 4.79 Å². The molecule has 2 aromatic carbocycles. The minimum Gasteiger partial charge on any atom is -0.493 e. The standard InChI is InChI=1S/C23H23N5O4/c1-30-7-8-32-21-10-16-17(12-24-26-19(16)11-20(21)31-2)13-3-6-15-18(9-13)27-28-22(15)23(29)25-14-4-5-14/h3,6,9-12,14H,4-5,7-8H2,1-2H3,(H,25,29)(H,27,28). The Balaban J connectivity index is 1.54. The monoisotopic (exact) mass is 433 g/mol. The molecule has 1 aliphatic carbocycles. The van der Waals surface area contributed by atoms with Gasteiger partial charge in [0.15, 0.2) is 17.2 Å². The zero-order chi connectivity index (χ0) is 22.1. The molecule has 0 atom stereocenters. The molecule has 2 heterocycles. The first-order valence-corrected chi connectivity index (χ1v) is 10.4. The van der Waals surface area contributed by atoms with Crippen LogP contribution in [0, 0.1) is 0 Å². The van der Waals surface area contributed by atoms with Crippen LogP contribution in [0.1, 0.15) is 23.3 Å². The summed E-state index contributed by atoms with van der Waals surface area (Å²) in [6.45, 7) is 0.869. The predicted octanol–water partition coefficient (Wildman–Crippen LogP) is 3.10.